The van der Waals surface area contributed by atoms with E-state index in [1.807, 2.05) is 36.4 Å². The number of hydrogen-bond acceptors (Lipinski definition) is 3. The van der Waals surface area contributed by atoms with Gasteiger partial charge in [0.15, 0.2) is 0 Å². The number of halogens is 2. The average molecular weight is 424 g/mol. The smallest absolute Gasteiger partial charge is 0.244 e. The van der Waals surface area contributed by atoms with E-state index in [0.717, 1.165) is 25.1 Å². The summed E-state index contributed by atoms with van der Waals surface area (Å²) in [4.78, 5) is 15.2. The highest BCUT2D eigenvalue weighted by molar-refractivity contribution is 5.87. The second-order valence-electron chi connectivity index (χ2n) is 7.38. The number of benzene rings is 2. The van der Waals surface area contributed by atoms with Crippen LogP contribution < -0.4 is 11.1 Å². The van der Waals surface area contributed by atoms with Crippen LogP contribution in [0.3, 0.4) is 0 Å². The van der Waals surface area contributed by atoms with Crippen molar-refractivity contribution in [1.82, 2.24) is 10.2 Å². The fourth-order valence-corrected chi connectivity index (χ4v) is 3.63. The molecule has 1 heterocycles. The van der Waals surface area contributed by atoms with Crippen molar-refractivity contribution in [3.63, 3.8) is 0 Å². The molecule has 1 aliphatic rings. The largest absolute Gasteiger partial charge is 0.353 e. The highest BCUT2D eigenvalue weighted by Gasteiger charge is 2.31. The predicted molar refractivity (Wildman–Crippen MR) is 120 cm³/mol. The molecule has 0 saturated carbocycles. The summed E-state index contributed by atoms with van der Waals surface area (Å²) in [5.41, 5.74) is 7.47. The summed E-state index contributed by atoms with van der Waals surface area (Å²) < 4.78 is 0. The maximum absolute atomic E-state index is 12.7. The molecule has 3 N–H and O–H groups in total. The SMILES string of the molecule is CC(N)(C(=O)NCC1CCCCN1Cc1ccccc1)c1ccccc1.Cl.Cl. The summed E-state index contributed by atoms with van der Waals surface area (Å²) in [6.45, 7) is 4.43. The number of carbonyl (C=O) groups excluding carboxylic acids is 1. The summed E-state index contributed by atoms with van der Waals surface area (Å²) in [5.74, 6) is -0.117. The van der Waals surface area contributed by atoms with Gasteiger partial charge in [-0.05, 0) is 37.4 Å². The lowest BCUT2D eigenvalue weighted by molar-refractivity contribution is -0.126. The quantitative estimate of drug-likeness (QED) is 0.740. The Bertz CT molecular complexity index is 710. The van der Waals surface area contributed by atoms with E-state index in [9.17, 15) is 4.79 Å². The predicted octanol–water partition coefficient (Wildman–Crippen LogP) is 3.88. The van der Waals surface area contributed by atoms with E-state index < -0.39 is 5.54 Å². The molecule has 0 radical (unpaired) electrons. The van der Waals surface area contributed by atoms with Crippen molar-refractivity contribution in [1.29, 1.82) is 0 Å². The lowest BCUT2D eigenvalue weighted by Crippen LogP contribution is -2.53. The topological polar surface area (TPSA) is 58.4 Å². The van der Waals surface area contributed by atoms with Crippen LogP contribution in [0.1, 0.15) is 37.3 Å². The first-order valence-electron chi connectivity index (χ1n) is 9.48. The van der Waals surface area contributed by atoms with Crippen molar-refractivity contribution >= 4 is 30.7 Å². The van der Waals surface area contributed by atoms with Crippen LogP contribution >= 0.6 is 24.8 Å². The molecule has 0 aromatic heterocycles. The van der Waals surface area contributed by atoms with Gasteiger partial charge in [-0.15, -0.1) is 24.8 Å². The molecule has 28 heavy (non-hydrogen) atoms. The zero-order valence-electron chi connectivity index (χ0n) is 16.3. The van der Waals surface area contributed by atoms with Gasteiger partial charge in [-0.2, -0.15) is 0 Å². The molecule has 0 spiro atoms. The molecular formula is C22H31Cl2N3O. The Labute approximate surface area is 180 Å². The number of nitrogens with one attached hydrogen (secondary N) is 1. The number of nitrogens with two attached hydrogens (primary N) is 1. The van der Waals surface area contributed by atoms with Gasteiger partial charge in [0, 0.05) is 19.1 Å². The van der Waals surface area contributed by atoms with Crippen LogP contribution in [0, 0.1) is 0 Å². The molecule has 154 valence electrons. The summed E-state index contributed by atoms with van der Waals surface area (Å²) >= 11 is 0. The lowest BCUT2D eigenvalue weighted by Gasteiger charge is -2.36. The maximum Gasteiger partial charge on any atom is 0.244 e. The summed E-state index contributed by atoms with van der Waals surface area (Å²) in [6.07, 6.45) is 3.54. The number of nitrogens with zero attached hydrogens (tertiary/aromatic N) is 1. The fraction of sp³-hybridized carbons (Fsp3) is 0.409. The molecule has 6 heteroatoms. The van der Waals surface area contributed by atoms with Crippen LogP contribution in [0.15, 0.2) is 60.7 Å². The number of carbonyl (C=O) groups is 1. The third-order valence-electron chi connectivity index (χ3n) is 5.32. The van der Waals surface area contributed by atoms with E-state index in [-0.39, 0.29) is 30.7 Å². The minimum Gasteiger partial charge on any atom is -0.353 e. The fourth-order valence-electron chi connectivity index (χ4n) is 3.63. The van der Waals surface area contributed by atoms with Gasteiger partial charge in [-0.1, -0.05) is 67.1 Å². The number of rotatable bonds is 6. The average Bonchev–Trinajstić information content (AvgIpc) is 2.68. The second-order valence-corrected chi connectivity index (χ2v) is 7.38. The van der Waals surface area contributed by atoms with Gasteiger partial charge in [0.2, 0.25) is 5.91 Å². The Morgan fingerprint density at radius 1 is 1.07 bits per heavy atom. The third-order valence-corrected chi connectivity index (χ3v) is 5.32. The molecule has 4 nitrogen and oxygen atoms in total. The van der Waals surface area contributed by atoms with Gasteiger partial charge < -0.3 is 11.1 Å². The molecule has 3 rings (SSSR count). The lowest BCUT2D eigenvalue weighted by atomic mass is 9.92. The molecule has 1 amide bonds. The minimum absolute atomic E-state index is 0. The molecule has 0 aliphatic carbocycles. The van der Waals surface area contributed by atoms with Crippen LogP contribution in [0.4, 0.5) is 0 Å². The molecule has 2 unspecified atom stereocenters. The highest BCUT2D eigenvalue weighted by atomic mass is 35.5. The molecule has 2 aromatic rings. The Hall–Kier alpha value is -1.59. The standard InChI is InChI=1S/C22H29N3O.2ClH/c1-22(23,19-12-6-3-7-13-19)21(26)24-16-20-14-8-9-15-25(20)17-18-10-4-2-5-11-18;;/h2-7,10-13,20H,8-9,14-17,23H2,1H3,(H,24,26);2*1H. The monoisotopic (exact) mass is 423 g/mol. The first-order chi connectivity index (χ1) is 12.6. The van der Waals surface area contributed by atoms with Gasteiger partial charge in [-0.3, -0.25) is 9.69 Å². The van der Waals surface area contributed by atoms with Crippen LogP contribution in [0.2, 0.25) is 0 Å². The minimum atomic E-state index is -1.01. The third kappa shape index (κ3) is 6.21. The van der Waals surface area contributed by atoms with E-state index in [1.54, 1.807) is 6.92 Å². The van der Waals surface area contributed by atoms with E-state index in [0.29, 0.717) is 12.6 Å². The van der Waals surface area contributed by atoms with E-state index in [2.05, 4.69) is 34.5 Å². The van der Waals surface area contributed by atoms with E-state index >= 15 is 0 Å². The van der Waals surface area contributed by atoms with E-state index in [1.165, 1.54) is 18.4 Å². The highest BCUT2D eigenvalue weighted by Crippen LogP contribution is 2.21. The van der Waals surface area contributed by atoms with Crippen LogP contribution in [-0.2, 0) is 16.9 Å². The van der Waals surface area contributed by atoms with Crippen molar-refractivity contribution in [3.05, 3.63) is 71.8 Å². The Balaban J connectivity index is 0.00000196. The second kappa shape index (κ2) is 11.4. The molecule has 2 aromatic carbocycles. The maximum atomic E-state index is 12.7. The Kier molecular flexibility index (Phi) is 9.97. The van der Waals surface area contributed by atoms with Gasteiger partial charge in [-0.25, -0.2) is 0 Å². The van der Waals surface area contributed by atoms with Crippen molar-refractivity contribution in [2.45, 2.75) is 44.3 Å². The first-order valence-corrected chi connectivity index (χ1v) is 9.48. The van der Waals surface area contributed by atoms with Crippen molar-refractivity contribution in [2.75, 3.05) is 13.1 Å². The summed E-state index contributed by atoms with van der Waals surface area (Å²) in [7, 11) is 0. The summed E-state index contributed by atoms with van der Waals surface area (Å²) in [5, 5.41) is 3.10. The molecule has 1 aliphatic heterocycles. The zero-order valence-corrected chi connectivity index (χ0v) is 18.0. The number of likely N-dealkylation sites (tertiary alicyclic amines) is 1. The molecule has 1 saturated heterocycles. The van der Waals surface area contributed by atoms with E-state index in [4.69, 9.17) is 5.73 Å². The van der Waals surface area contributed by atoms with Crippen LogP contribution in [0.5, 0.6) is 0 Å². The Morgan fingerprint density at radius 3 is 2.32 bits per heavy atom. The molecule has 0 bridgehead atoms. The summed E-state index contributed by atoms with van der Waals surface area (Å²) in [6, 6.07) is 20.5. The van der Waals surface area contributed by atoms with Crippen molar-refractivity contribution < 1.29 is 4.79 Å². The normalized spacial score (nSPS) is 18.9. The first kappa shape index (κ1) is 24.4. The number of piperidine rings is 1. The van der Waals surface area contributed by atoms with Gasteiger partial charge >= 0.3 is 0 Å². The Morgan fingerprint density at radius 2 is 1.68 bits per heavy atom. The van der Waals surface area contributed by atoms with Crippen LogP contribution in [-0.4, -0.2) is 29.9 Å². The number of amides is 1. The van der Waals surface area contributed by atoms with Gasteiger partial charge in [0.25, 0.3) is 0 Å². The molecule has 2 atom stereocenters. The van der Waals surface area contributed by atoms with Crippen molar-refractivity contribution in [3.8, 4) is 0 Å². The van der Waals surface area contributed by atoms with Crippen LogP contribution in [0.25, 0.3) is 0 Å². The number of hydrogen-bond donors (Lipinski definition) is 2. The molecule has 1 fully saturated rings. The van der Waals surface area contributed by atoms with Gasteiger partial charge in [0.05, 0.1) is 0 Å². The van der Waals surface area contributed by atoms with Crippen molar-refractivity contribution in [2.24, 2.45) is 5.73 Å². The molecular weight excluding hydrogens is 393 g/mol. The van der Waals surface area contributed by atoms with Gasteiger partial charge in [0.1, 0.15) is 5.54 Å². The zero-order chi connectivity index (χ0) is 18.4.